The molecular weight excluding hydrogens is 134 g/mol. The molecule has 7 nitrogen and oxygen atoms in total. The van der Waals surface area contributed by atoms with Crippen LogP contribution in [0, 0.1) is 0 Å². The van der Waals surface area contributed by atoms with Gasteiger partial charge in [-0.3, -0.25) is 4.90 Å². The summed E-state index contributed by atoms with van der Waals surface area (Å²) in [6, 6.07) is 0. The Bertz CT molecular complexity index is 153. The molecule has 0 aromatic heterocycles. The topological polar surface area (TPSA) is 101 Å². The molecule has 0 aliphatic heterocycles. The van der Waals surface area contributed by atoms with E-state index in [4.69, 9.17) is 11.1 Å². The standard InChI is InChI=1S/C3H7N7/c1-10(2-6-8-4)3-7-9-5/h2-3H2,1H3. The van der Waals surface area contributed by atoms with Crippen molar-refractivity contribution >= 4 is 0 Å². The summed E-state index contributed by atoms with van der Waals surface area (Å²) in [6.45, 7) is 0.436. The molecule has 0 N–H and O–H groups in total. The summed E-state index contributed by atoms with van der Waals surface area (Å²) in [5.41, 5.74) is 15.7. The summed E-state index contributed by atoms with van der Waals surface area (Å²) >= 11 is 0. The van der Waals surface area contributed by atoms with Gasteiger partial charge >= 0.3 is 0 Å². The first-order valence-corrected chi connectivity index (χ1v) is 2.51. The predicted molar refractivity (Wildman–Crippen MR) is 35.8 cm³/mol. The minimum atomic E-state index is 0.218. The van der Waals surface area contributed by atoms with Gasteiger partial charge in [-0.15, -0.1) is 0 Å². The number of hydrogen-bond donors (Lipinski definition) is 0. The van der Waals surface area contributed by atoms with Crippen LogP contribution in [-0.4, -0.2) is 25.3 Å². The smallest absolute Gasteiger partial charge is 0.0772 e. The highest BCUT2D eigenvalue weighted by molar-refractivity contribution is 4.49. The maximum atomic E-state index is 7.87. The van der Waals surface area contributed by atoms with E-state index in [-0.39, 0.29) is 13.3 Å². The van der Waals surface area contributed by atoms with Crippen LogP contribution in [0.25, 0.3) is 20.9 Å². The molecule has 0 aromatic rings. The molecule has 54 valence electrons. The van der Waals surface area contributed by atoms with Crippen molar-refractivity contribution in [2.24, 2.45) is 10.2 Å². The third-order valence-corrected chi connectivity index (χ3v) is 0.736. The van der Waals surface area contributed by atoms with Gasteiger partial charge in [-0.1, -0.05) is 10.2 Å². The van der Waals surface area contributed by atoms with Gasteiger partial charge in [0.05, 0.1) is 13.3 Å². The van der Waals surface area contributed by atoms with E-state index in [0.717, 1.165) is 0 Å². The summed E-state index contributed by atoms with van der Waals surface area (Å²) in [5, 5.41) is 6.50. The molecule has 0 aliphatic rings. The van der Waals surface area contributed by atoms with Crippen LogP contribution in [0.2, 0.25) is 0 Å². The average molecular weight is 141 g/mol. The fourth-order valence-electron chi connectivity index (χ4n) is 0.317. The lowest BCUT2D eigenvalue weighted by Crippen LogP contribution is -2.17. The van der Waals surface area contributed by atoms with Crippen LogP contribution in [0.3, 0.4) is 0 Å². The quantitative estimate of drug-likeness (QED) is 0.330. The van der Waals surface area contributed by atoms with Gasteiger partial charge in [-0.2, -0.15) is 0 Å². The molecule has 0 aliphatic carbocycles. The van der Waals surface area contributed by atoms with E-state index in [1.807, 2.05) is 0 Å². The Labute approximate surface area is 57.5 Å². The van der Waals surface area contributed by atoms with Crippen molar-refractivity contribution in [2.75, 3.05) is 20.4 Å². The van der Waals surface area contributed by atoms with E-state index < -0.39 is 0 Å². The molecule has 10 heavy (non-hydrogen) atoms. The number of nitrogens with zero attached hydrogens (tertiary/aromatic N) is 7. The van der Waals surface area contributed by atoms with E-state index in [2.05, 4.69) is 20.1 Å². The second kappa shape index (κ2) is 5.71. The minimum absolute atomic E-state index is 0.218. The number of azide groups is 2. The molecule has 0 atom stereocenters. The fraction of sp³-hybridized carbons (Fsp3) is 1.00. The van der Waals surface area contributed by atoms with Crippen LogP contribution >= 0.6 is 0 Å². The zero-order valence-corrected chi connectivity index (χ0v) is 5.54. The molecule has 0 heterocycles. The van der Waals surface area contributed by atoms with Crippen LogP contribution < -0.4 is 0 Å². The summed E-state index contributed by atoms with van der Waals surface area (Å²) in [4.78, 5) is 6.65. The SMILES string of the molecule is CN(CN=[N+]=[N-])CN=[N+]=[N-]. The molecule has 0 radical (unpaired) electrons. The molecule has 0 saturated heterocycles. The number of rotatable bonds is 4. The molecular formula is C3H7N7. The van der Waals surface area contributed by atoms with Gasteiger partial charge in [0.15, 0.2) is 0 Å². The maximum Gasteiger partial charge on any atom is 0.0772 e. The van der Waals surface area contributed by atoms with Crippen LogP contribution in [0.1, 0.15) is 0 Å². The van der Waals surface area contributed by atoms with Gasteiger partial charge in [0.25, 0.3) is 0 Å². The van der Waals surface area contributed by atoms with Crippen LogP contribution in [0.5, 0.6) is 0 Å². The Morgan fingerprint density at radius 3 is 1.90 bits per heavy atom. The van der Waals surface area contributed by atoms with Crippen LogP contribution in [0.15, 0.2) is 10.2 Å². The van der Waals surface area contributed by atoms with Crippen molar-refractivity contribution < 1.29 is 0 Å². The molecule has 7 heteroatoms. The van der Waals surface area contributed by atoms with Gasteiger partial charge in [0.1, 0.15) is 0 Å². The van der Waals surface area contributed by atoms with E-state index in [1.165, 1.54) is 0 Å². The fourth-order valence-corrected chi connectivity index (χ4v) is 0.317. The summed E-state index contributed by atoms with van der Waals surface area (Å²) < 4.78 is 0. The van der Waals surface area contributed by atoms with Crippen molar-refractivity contribution in [1.29, 1.82) is 0 Å². The Morgan fingerprint density at radius 2 is 1.60 bits per heavy atom. The second-order valence-corrected chi connectivity index (χ2v) is 1.60. The largest absolute Gasteiger partial charge is 0.295 e. The van der Waals surface area contributed by atoms with Gasteiger partial charge in [-0.25, -0.2) is 0 Å². The highest BCUT2D eigenvalue weighted by atomic mass is 15.3. The third kappa shape index (κ3) is 4.73. The second-order valence-electron chi connectivity index (χ2n) is 1.60. The van der Waals surface area contributed by atoms with Crippen molar-refractivity contribution in [2.45, 2.75) is 0 Å². The Kier molecular flexibility index (Phi) is 4.90. The molecule has 0 spiro atoms. The van der Waals surface area contributed by atoms with E-state index in [9.17, 15) is 0 Å². The highest BCUT2D eigenvalue weighted by Gasteiger charge is 1.89. The molecule has 0 unspecified atom stereocenters. The highest BCUT2D eigenvalue weighted by Crippen LogP contribution is 1.83. The minimum Gasteiger partial charge on any atom is -0.295 e. The lowest BCUT2D eigenvalue weighted by Gasteiger charge is -2.06. The molecule has 0 fully saturated rings. The van der Waals surface area contributed by atoms with E-state index in [1.54, 1.807) is 11.9 Å². The maximum absolute atomic E-state index is 7.87. The van der Waals surface area contributed by atoms with Crippen molar-refractivity contribution in [3.63, 3.8) is 0 Å². The van der Waals surface area contributed by atoms with Crippen molar-refractivity contribution in [3.05, 3.63) is 20.9 Å². The van der Waals surface area contributed by atoms with Crippen molar-refractivity contribution in [1.82, 2.24) is 4.90 Å². The molecule has 0 amide bonds. The first-order chi connectivity index (χ1) is 4.81. The Morgan fingerprint density at radius 1 is 1.20 bits per heavy atom. The summed E-state index contributed by atoms with van der Waals surface area (Å²) in [5.74, 6) is 0. The Balaban J connectivity index is 3.52. The molecule has 0 saturated carbocycles. The first kappa shape index (κ1) is 8.58. The van der Waals surface area contributed by atoms with Crippen LogP contribution in [0.4, 0.5) is 0 Å². The summed E-state index contributed by atoms with van der Waals surface area (Å²) in [7, 11) is 1.68. The predicted octanol–water partition coefficient (Wildman–Crippen LogP) is 1.45. The lowest BCUT2D eigenvalue weighted by molar-refractivity contribution is 0.355. The number of hydrogen-bond acceptors (Lipinski definition) is 3. The zero-order valence-electron chi connectivity index (χ0n) is 5.54. The third-order valence-electron chi connectivity index (χ3n) is 0.736. The van der Waals surface area contributed by atoms with Gasteiger partial charge in [-0.05, 0) is 18.1 Å². The first-order valence-electron chi connectivity index (χ1n) is 2.51. The average Bonchev–Trinajstić information content (AvgIpc) is 1.97. The van der Waals surface area contributed by atoms with Gasteiger partial charge < -0.3 is 0 Å². The van der Waals surface area contributed by atoms with E-state index in [0.29, 0.717) is 0 Å². The van der Waals surface area contributed by atoms with Gasteiger partial charge in [0, 0.05) is 9.82 Å². The van der Waals surface area contributed by atoms with E-state index >= 15 is 0 Å². The Hall–Kier alpha value is -1.42. The zero-order chi connectivity index (χ0) is 7.82. The lowest BCUT2D eigenvalue weighted by atomic mass is 10.8. The van der Waals surface area contributed by atoms with Gasteiger partial charge in [0.2, 0.25) is 0 Å². The normalized spacial score (nSPS) is 8.20. The molecule has 0 bridgehead atoms. The monoisotopic (exact) mass is 141 g/mol. The summed E-state index contributed by atoms with van der Waals surface area (Å²) in [6.07, 6.45) is 0. The molecule has 0 aromatic carbocycles. The molecule has 0 rings (SSSR count). The van der Waals surface area contributed by atoms with Crippen molar-refractivity contribution in [3.8, 4) is 0 Å². The van der Waals surface area contributed by atoms with Crippen LogP contribution in [-0.2, 0) is 0 Å².